The summed E-state index contributed by atoms with van der Waals surface area (Å²) in [7, 11) is 0. The van der Waals surface area contributed by atoms with Crippen molar-refractivity contribution in [3.8, 4) is 0 Å². The highest BCUT2D eigenvalue weighted by atomic mass is 32.2. The summed E-state index contributed by atoms with van der Waals surface area (Å²) >= 11 is 6.74. The molecule has 1 N–H and O–H groups in total. The fourth-order valence-electron chi connectivity index (χ4n) is 3.72. The number of carbonyl (C=O) groups is 1. The minimum absolute atomic E-state index is 0.216. The van der Waals surface area contributed by atoms with Gasteiger partial charge in [0.15, 0.2) is 0 Å². The van der Waals surface area contributed by atoms with Crippen LogP contribution in [0.5, 0.6) is 0 Å². The number of nitrogens with zero attached hydrogens (tertiary/aromatic N) is 3. The second kappa shape index (κ2) is 10.9. The van der Waals surface area contributed by atoms with Gasteiger partial charge in [0.1, 0.15) is 15.8 Å². The van der Waals surface area contributed by atoms with Crippen LogP contribution in [0.15, 0.2) is 64.4 Å². The molecule has 1 saturated heterocycles. The van der Waals surface area contributed by atoms with Crippen LogP contribution < -0.4 is 10.9 Å². The van der Waals surface area contributed by atoms with Crippen molar-refractivity contribution >= 4 is 51.7 Å². The Morgan fingerprint density at radius 1 is 1.18 bits per heavy atom. The molecule has 1 amide bonds. The van der Waals surface area contributed by atoms with Crippen molar-refractivity contribution in [3.63, 3.8) is 0 Å². The van der Waals surface area contributed by atoms with Gasteiger partial charge in [-0.25, -0.2) is 4.98 Å². The Kier molecular flexibility index (Phi) is 7.77. The predicted octanol–water partition coefficient (Wildman–Crippen LogP) is 4.50. The highest BCUT2D eigenvalue weighted by Crippen LogP contribution is 2.38. The Bertz CT molecular complexity index is 1290. The van der Waals surface area contributed by atoms with E-state index < -0.39 is 0 Å². The van der Waals surface area contributed by atoms with Gasteiger partial charge in [-0.3, -0.25) is 18.9 Å². The molecule has 1 aliphatic rings. The first-order valence-corrected chi connectivity index (χ1v) is 12.4. The van der Waals surface area contributed by atoms with E-state index in [2.05, 4.69) is 10.3 Å². The molecule has 4 rings (SSSR count). The van der Waals surface area contributed by atoms with Gasteiger partial charge in [-0.2, -0.15) is 0 Å². The van der Waals surface area contributed by atoms with E-state index in [1.165, 1.54) is 16.2 Å². The molecule has 0 aliphatic carbocycles. The summed E-state index contributed by atoms with van der Waals surface area (Å²) in [6.07, 6.45) is 4.04. The SMILES string of the molecule is CCOCCCNc1nc2ccccn2c(=O)c1/C=C1/SC(=S)N([C@@H](C)c2ccccc2)C1=O. The molecule has 3 aromatic rings. The van der Waals surface area contributed by atoms with E-state index in [-0.39, 0.29) is 17.5 Å². The number of fused-ring (bicyclic) bond motifs is 1. The molecule has 2 aromatic heterocycles. The Balaban J connectivity index is 1.68. The van der Waals surface area contributed by atoms with Crippen LogP contribution in [0.25, 0.3) is 11.7 Å². The minimum Gasteiger partial charge on any atom is -0.382 e. The Hall–Kier alpha value is -3.01. The summed E-state index contributed by atoms with van der Waals surface area (Å²) in [5, 5.41) is 3.25. The minimum atomic E-state index is -0.251. The highest BCUT2D eigenvalue weighted by molar-refractivity contribution is 8.26. The number of benzene rings is 1. The molecule has 0 bridgehead atoms. The van der Waals surface area contributed by atoms with Gasteiger partial charge in [0.2, 0.25) is 0 Å². The third kappa shape index (κ3) is 5.06. The van der Waals surface area contributed by atoms with E-state index in [1.54, 1.807) is 29.3 Å². The number of rotatable bonds is 9. The first-order valence-electron chi connectivity index (χ1n) is 11.2. The number of anilines is 1. The number of nitrogens with one attached hydrogen (secondary N) is 1. The fourth-order valence-corrected chi connectivity index (χ4v) is 5.12. The number of ether oxygens (including phenoxy) is 1. The lowest BCUT2D eigenvalue weighted by atomic mass is 10.1. The van der Waals surface area contributed by atoms with Gasteiger partial charge in [0, 0.05) is 26.0 Å². The fraction of sp³-hybridized carbons (Fsp3) is 0.280. The van der Waals surface area contributed by atoms with Gasteiger partial charge in [-0.1, -0.05) is 60.4 Å². The summed E-state index contributed by atoms with van der Waals surface area (Å²) < 4.78 is 7.34. The van der Waals surface area contributed by atoms with Crippen LogP contribution in [-0.2, 0) is 9.53 Å². The standard InChI is InChI=1S/C25H26N4O3S2/c1-3-32-15-9-13-26-22-19(23(30)28-14-8-7-12-21(28)27-22)16-20-24(31)29(25(33)34-20)17(2)18-10-5-4-6-11-18/h4-8,10-12,14,16-17,26H,3,9,13,15H2,1-2H3/b20-16+/t17-/m0/s1. The zero-order valence-electron chi connectivity index (χ0n) is 19.1. The Morgan fingerprint density at radius 2 is 1.94 bits per heavy atom. The number of hydrogen-bond donors (Lipinski definition) is 1. The van der Waals surface area contributed by atoms with Gasteiger partial charge < -0.3 is 10.1 Å². The van der Waals surface area contributed by atoms with E-state index >= 15 is 0 Å². The molecule has 0 saturated carbocycles. The lowest BCUT2D eigenvalue weighted by Gasteiger charge is -2.23. The molecule has 0 radical (unpaired) electrons. The molecule has 7 nitrogen and oxygen atoms in total. The van der Waals surface area contributed by atoms with Crippen molar-refractivity contribution in [1.82, 2.24) is 14.3 Å². The van der Waals surface area contributed by atoms with Crippen LogP contribution in [0.3, 0.4) is 0 Å². The second-order valence-electron chi connectivity index (χ2n) is 7.72. The average molecular weight is 495 g/mol. The monoisotopic (exact) mass is 494 g/mol. The van der Waals surface area contributed by atoms with Crippen molar-refractivity contribution in [2.24, 2.45) is 0 Å². The topological polar surface area (TPSA) is 75.9 Å². The number of carbonyl (C=O) groups excluding carboxylic acids is 1. The molecule has 1 aliphatic heterocycles. The maximum absolute atomic E-state index is 13.3. The molecule has 1 fully saturated rings. The van der Waals surface area contributed by atoms with Crippen LogP contribution in [-0.4, -0.2) is 44.3 Å². The van der Waals surface area contributed by atoms with Gasteiger partial charge in [0.25, 0.3) is 11.5 Å². The lowest BCUT2D eigenvalue weighted by molar-refractivity contribution is -0.123. The second-order valence-corrected chi connectivity index (χ2v) is 9.40. The van der Waals surface area contributed by atoms with E-state index in [4.69, 9.17) is 17.0 Å². The first kappa shape index (κ1) is 24.1. The summed E-state index contributed by atoms with van der Waals surface area (Å²) in [4.78, 5) is 33.3. The molecule has 3 heterocycles. The van der Waals surface area contributed by atoms with Crippen LogP contribution in [0.2, 0.25) is 0 Å². The van der Waals surface area contributed by atoms with Gasteiger partial charge >= 0.3 is 0 Å². The molecule has 1 atom stereocenters. The third-order valence-electron chi connectivity index (χ3n) is 5.50. The van der Waals surface area contributed by atoms with Crippen LogP contribution in [0.1, 0.15) is 37.4 Å². The van der Waals surface area contributed by atoms with Crippen molar-refractivity contribution in [2.75, 3.05) is 25.1 Å². The molecule has 176 valence electrons. The largest absolute Gasteiger partial charge is 0.382 e. The van der Waals surface area contributed by atoms with Crippen molar-refractivity contribution in [3.05, 3.63) is 81.1 Å². The smallest absolute Gasteiger partial charge is 0.267 e. The lowest BCUT2D eigenvalue weighted by Crippen LogP contribution is -2.31. The normalized spacial score (nSPS) is 15.9. The summed E-state index contributed by atoms with van der Waals surface area (Å²) in [6, 6.07) is 14.9. The van der Waals surface area contributed by atoms with E-state index in [9.17, 15) is 9.59 Å². The number of thioether (sulfide) groups is 1. The average Bonchev–Trinajstić information content (AvgIpc) is 3.13. The molecular weight excluding hydrogens is 468 g/mol. The zero-order chi connectivity index (χ0) is 24.1. The molecule has 1 aromatic carbocycles. The molecule has 9 heteroatoms. The summed E-state index contributed by atoms with van der Waals surface area (Å²) in [5.74, 6) is 0.222. The van der Waals surface area contributed by atoms with Crippen molar-refractivity contribution in [2.45, 2.75) is 26.3 Å². The van der Waals surface area contributed by atoms with E-state index in [0.717, 1.165) is 12.0 Å². The highest BCUT2D eigenvalue weighted by Gasteiger charge is 2.36. The predicted molar refractivity (Wildman–Crippen MR) is 141 cm³/mol. The molecule has 34 heavy (non-hydrogen) atoms. The van der Waals surface area contributed by atoms with Crippen molar-refractivity contribution < 1.29 is 9.53 Å². The first-order chi connectivity index (χ1) is 16.5. The number of amides is 1. The Morgan fingerprint density at radius 3 is 2.71 bits per heavy atom. The number of aromatic nitrogens is 2. The zero-order valence-corrected chi connectivity index (χ0v) is 20.7. The number of hydrogen-bond acceptors (Lipinski definition) is 7. The van der Waals surface area contributed by atoms with Crippen LogP contribution >= 0.6 is 24.0 Å². The Labute approximate surface area is 207 Å². The van der Waals surface area contributed by atoms with E-state index in [1.807, 2.05) is 50.2 Å². The van der Waals surface area contributed by atoms with Crippen LogP contribution in [0.4, 0.5) is 5.82 Å². The maximum atomic E-state index is 13.3. The van der Waals surface area contributed by atoms with Crippen molar-refractivity contribution in [1.29, 1.82) is 0 Å². The summed E-state index contributed by atoms with van der Waals surface area (Å²) in [6.45, 7) is 5.75. The van der Waals surface area contributed by atoms with Gasteiger partial charge in [-0.05, 0) is 44.0 Å². The van der Waals surface area contributed by atoms with E-state index in [0.29, 0.717) is 46.0 Å². The molecule has 0 spiro atoms. The summed E-state index contributed by atoms with van der Waals surface area (Å²) in [5.41, 5.74) is 1.60. The number of pyridine rings is 1. The third-order valence-corrected chi connectivity index (χ3v) is 6.83. The quantitative estimate of drug-likeness (QED) is 0.267. The number of thiocarbonyl (C=S) groups is 1. The maximum Gasteiger partial charge on any atom is 0.267 e. The van der Waals surface area contributed by atoms with Gasteiger partial charge in [0.05, 0.1) is 16.5 Å². The van der Waals surface area contributed by atoms with Gasteiger partial charge in [-0.15, -0.1) is 0 Å². The van der Waals surface area contributed by atoms with Crippen LogP contribution in [0, 0.1) is 0 Å². The molecular formula is C25H26N4O3S2. The molecule has 0 unspecified atom stereocenters.